The second-order valence-electron chi connectivity index (χ2n) is 2.97. The summed E-state index contributed by atoms with van der Waals surface area (Å²) in [6.45, 7) is 1.22. The van der Waals surface area contributed by atoms with Crippen LogP contribution in [0, 0.1) is 12.7 Å². The summed E-state index contributed by atoms with van der Waals surface area (Å²) < 4.78 is 37.7. The molecule has 1 heterocycles. The van der Waals surface area contributed by atoms with Gasteiger partial charge in [-0.2, -0.15) is 0 Å². The van der Waals surface area contributed by atoms with Gasteiger partial charge in [-0.25, -0.2) is 13.2 Å². The number of rotatable bonds is 3. The summed E-state index contributed by atoms with van der Waals surface area (Å²) in [5.74, 6) is -2.31. The van der Waals surface area contributed by atoms with Gasteiger partial charge in [0, 0.05) is 5.69 Å². The number of aliphatic carboxylic acids is 1. The lowest BCUT2D eigenvalue weighted by Gasteiger charge is -2.07. The van der Waals surface area contributed by atoms with Crippen molar-refractivity contribution in [1.82, 2.24) is 4.98 Å². The number of hydrogen-bond donors (Lipinski definition) is 1. The minimum atomic E-state index is -2.95. The van der Waals surface area contributed by atoms with E-state index in [9.17, 15) is 18.0 Å². The molecule has 0 aliphatic heterocycles. The van der Waals surface area contributed by atoms with Gasteiger partial charge in [0.25, 0.3) is 6.43 Å². The fraction of sp³-hybridized carbons (Fsp3) is 0.333. The Morgan fingerprint density at radius 3 is 2.60 bits per heavy atom. The highest BCUT2D eigenvalue weighted by molar-refractivity contribution is 5.69. The number of aromatic nitrogens is 1. The van der Waals surface area contributed by atoms with Crippen molar-refractivity contribution in [2.24, 2.45) is 0 Å². The second-order valence-corrected chi connectivity index (χ2v) is 2.97. The van der Waals surface area contributed by atoms with Crippen LogP contribution >= 0.6 is 0 Å². The largest absolute Gasteiger partial charge is 0.481 e. The molecule has 1 N–H and O–H groups in total. The molecule has 0 saturated heterocycles. The lowest BCUT2D eigenvalue weighted by molar-refractivity contribution is -0.136. The summed E-state index contributed by atoms with van der Waals surface area (Å²) >= 11 is 0. The van der Waals surface area contributed by atoms with E-state index in [0.717, 1.165) is 6.07 Å². The highest BCUT2D eigenvalue weighted by Crippen LogP contribution is 2.24. The van der Waals surface area contributed by atoms with E-state index in [2.05, 4.69) is 4.98 Å². The molecule has 1 aromatic rings. The van der Waals surface area contributed by atoms with Crippen molar-refractivity contribution in [2.75, 3.05) is 0 Å². The first kappa shape index (κ1) is 11.5. The van der Waals surface area contributed by atoms with Crippen LogP contribution in [0.15, 0.2) is 6.07 Å². The van der Waals surface area contributed by atoms with Crippen LogP contribution in [0.25, 0.3) is 0 Å². The molecule has 0 amide bonds. The predicted molar refractivity (Wildman–Crippen MR) is 45.2 cm³/mol. The van der Waals surface area contributed by atoms with Gasteiger partial charge in [-0.1, -0.05) is 0 Å². The van der Waals surface area contributed by atoms with Crippen LogP contribution in [0.2, 0.25) is 0 Å². The first-order valence-corrected chi connectivity index (χ1v) is 4.07. The van der Waals surface area contributed by atoms with E-state index in [1.165, 1.54) is 6.92 Å². The topological polar surface area (TPSA) is 50.2 Å². The molecule has 0 spiro atoms. The first-order valence-electron chi connectivity index (χ1n) is 4.07. The maximum Gasteiger partial charge on any atom is 0.309 e. The van der Waals surface area contributed by atoms with E-state index in [1.54, 1.807) is 0 Å². The van der Waals surface area contributed by atoms with Gasteiger partial charge < -0.3 is 5.11 Å². The molecule has 0 aromatic carbocycles. The van der Waals surface area contributed by atoms with Crippen molar-refractivity contribution in [3.8, 4) is 0 Å². The highest BCUT2D eigenvalue weighted by atomic mass is 19.3. The number of pyridine rings is 1. The zero-order valence-electron chi connectivity index (χ0n) is 7.80. The van der Waals surface area contributed by atoms with E-state index in [4.69, 9.17) is 5.11 Å². The minimum absolute atomic E-state index is 0.0677. The Morgan fingerprint density at radius 1 is 1.60 bits per heavy atom. The van der Waals surface area contributed by atoms with Crippen molar-refractivity contribution in [3.05, 3.63) is 28.8 Å². The van der Waals surface area contributed by atoms with Crippen LogP contribution < -0.4 is 0 Å². The zero-order chi connectivity index (χ0) is 11.6. The van der Waals surface area contributed by atoms with Gasteiger partial charge in [0.2, 0.25) is 0 Å². The van der Waals surface area contributed by atoms with Gasteiger partial charge in [-0.15, -0.1) is 0 Å². The minimum Gasteiger partial charge on any atom is -0.481 e. The fourth-order valence-electron chi connectivity index (χ4n) is 1.21. The molecule has 1 rings (SSSR count). The number of nitrogens with zero attached hydrogens (tertiary/aromatic N) is 1. The van der Waals surface area contributed by atoms with Crippen molar-refractivity contribution >= 4 is 5.97 Å². The second kappa shape index (κ2) is 4.29. The predicted octanol–water partition coefficient (Wildman–Crippen LogP) is 2.09. The lowest BCUT2D eigenvalue weighted by Crippen LogP contribution is -2.07. The number of halogens is 3. The SMILES string of the molecule is Cc1nc(CC(=O)O)cc(F)c1C(F)F. The van der Waals surface area contributed by atoms with Gasteiger partial charge in [-0.05, 0) is 13.0 Å². The summed E-state index contributed by atoms with van der Waals surface area (Å²) in [4.78, 5) is 13.9. The molecule has 6 heteroatoms. The van der Waals surface area contributed by atoms with E-state index >= 15 is 0 Å². The van der Waals surface area contributed by atoms with Crippen LogP contribution in [-0.2, 0) is 11.2 Å². The summed E-state index contributed by atoms with van der Waals surface area (Å²) in [6, 6.07) is 0.725. The number of carbonyl (C=O) groups is 1. The maximum absolute atomic E-state index is 13.1. The Labute approximate surface area is 83.6 Å². The first-order chi connectivity index (χ1) is 6.91. The number of hydrogen-bond acceptors (Lipinski definition) is 2. The molecule has 82 valence electrons. The number of carboxylic acids is 1. The molecular formula is C9H8F3NO2. The summed E-state index contributed by atoms with van der Waals surface area (Å²) in [5, 5.41) is 8.42. The third kappa shape index (κ3) is 2.68. The summed E-state index contributed by atoms with van der Waals surface area (Å²) in [7, 11) is 0. The molecule has 15 heavy (non-hydrogen) atoms. The van der Waals surface area contributed by atoms with E-state index < -0.39 is 30.2 Å². The molecule has 0 fully saturated rings. The molecule has 0 bridgehead atoms. The third-order valence-electron chi connectivity index (χ3n) is 1.80. The number of carboxylic acid groups (broad SMARTS) is 1. The average Bonchev–Trinajstić information content (AvgIpc) is 1.99. The van der Waals surface area contributed by atoms with Crippen LogP contribution in [0.4, 0.5) is 13.2 Å². The molecule has 0 saturated carbocycles. The van der Waals surface area contributed by atoms with Crippen molar-refractivity contribution in [1.29, 1.82) is 0 Å². The molecule has 0 atom stereocenters. The molecule has 0 unspecified atom stereocenters. The summed E-state index contributed by atoms with van der Waals surface area (Å²) in [5.41, 5.74) is -1.02. The maximum atomic E-state index is 13.1. The zero-order valence-corrected chi connectivity index (χ0v) is 7.80. The molecule has 1 aromatic heterocycles. The Bertz CT molecular complexity index is 370. The van der Waals surface area contributed by atoms with Crippen LogP contribution in [0.3, 0.4) is 0 Å². The van der Waals surface area contributed by atoms with Gasteiger partial charge >= 0.3 is 5.97 Å². The van der Waals surface area contributed by atoms with Crippen molar-refractivity contribution in [2.45, 2.75) is 19.8 Å². The van der Waals surface area contributed by atoms with Crippen LogP contribution in [0.1, 0.15) is 23.4 Å². The van der Waals surface area contributed by atoms with Gasteiger partial charge in [0.1, 0.15) is 5.82 Å². The Kier molecular flexibility index (Phi) is 3.28. The normalized spacial score (nSPS) is 10.7. The Morgan fingerprint density at radius 2 is 2.20 bits per heavy atom. The van der Waals surface area contributed by atoms with Crippen molar-refractivity contribution in [3.63, 3.8) is 0 Å². The monoisotopic (exact) mass is 219 g/mol. The van der Waals surface area contributed by atoms with Crippen LogP contribution in [0.5, 0.6) is 0 Å². The third-order valence-corrected chi connectivity index (χ3v) is 1.80. The van der Waals surface area contributed by atoms with Crippen LogP contribution in [-0.4, -0.2) is 16.1 Å². The molecule has 0 aliphatic carbocycles. The standard InChI is InChI=1S/C9H8F3NO2/c1-4-8(9(11)12)6(10)2-5(13-4)3-7(14)15/h2,9H,3H2,1H3,(H,14,15). The Balaban J connectivity index is 3.13. The van der Waals surface area contributed by atoms with Crippen molar-refractivity contribution < 1.29 is 23.1 Å². The average molecular weight is 219 g/mol. The van der Waals surface area contributed by atoms with Gasteiger partial charge in [0.15, 0.2) is 0 Å². The molecule has 3 nitrogen and oxygen atoms in total. The molecular weight excluding hydrogens is 211 g/mol. The smallest absolute Gasteiger partial charge is 0.309 e. The van der Waals surface area contributed by atoms with E-state index in [1.807, 2.05) is 0 Å². The summed E-state index contributed by atoms with van der Waals surface area (Å²) in [6.07, 6.45) is -3.43. The quantitative estimate of drug-likeness (QED) is 0.846. The van der Waals surface area contributed by atoms with E-state index in [-0.39, 0.29) is 11.4 Å². The lowest BCUT2D eigenvalue weighted by atomic mass is 10.1. The van der Waals surface area contributed by atoms with Gasteiger partial charge in [0.05, 0.1) is 17.7 Å². The Hall–Kier alpha value is -1.59. The highest BCUT2D eigenvalue weighted by Gasteiger charge is 2.19. The van der Waals surface area contributed by atoms with E-state index in [0.29, 0.717) is 0 Å². The molecule has 0 radical (unpaired) electrons. The van der Waals surface area contributed by atoms with Gasteiger partial charge in [-0.3, -0.25) is 9.78 Å². The number of aryl methyl sites for hydroxylation is 1. The number of alkyl halides is 2. The fourth-order valence-corrected chi connectivity index (χ4v) is 1.21. The molecule has 0 aliphatic rings.